The van der Waals surface area contributed by atoms with Gasteiger partial charge in [0, 0.05) is 34.5 Å². The van der Waals surface area contributed by atoms with E-state index in [2.05, 4.69) is 20.5 Å². The molecule has 0 atom stereocenters. The predicted octanol–water partition coefficient (Wildman–Crippen LogP) is 2.41. The summed E-state index contributed by atoms with van der Waals surface area (Å²) in [5.41, 5.74) is 3.25. The van der Waals surface area contributed by atoms with Crippen LogP contribution in [0.4, 0.5) is 0 Å². The molecule has 0 amide bonds. The normalized spacial score (nSPS) is 18.2. The Morgan fingerprint density at radius 2 is 2.12 bits per heavy atom. The molecule has 0 N–H and O–H groups in total. The Labute approximate surface area is 108 Å². The van der Waals surface area contributed by atoms with Crippen molar-refractivity contribution in [1.29, 1.82) is 0 Å². The second kappa shape index (κ2) is 3.59. The molecule has 0 saturated heterocycles. The van der Waals surface area contributed by atoms with Gasteiger partial charge in [0.2, 0.25) is 0 Å². The highest BCUT2D eigenvalue weighted by atomic mass is 79.9. The van der Waals surface area contributed by atoms with Crippen LogP contribution in [0.3, 0.4) is 0 Å². The summed E-state index contributed by atoms with van der Waals surface area (Å²) in [6.45, 7) is 0. The predicted molar refractivity (Wildman–Crippen MR) is 71.8 cm³/mol. The monoisotopic (exact) mass is 313 g/mol. The van der Waals surface area contributed by atoms with Gasteiger partial charge < -0.3 is 4.57 Å². The fraction of sp³-hybridized carbons (Fsp3) is 0.333. The molecular weight excluding hydrogens is 302 g/mol. The van der Waals surface area contributed by atoms with E-state index in [1.165, 1.54) is 0 Å². The van der Waals surface area contributed by atoms with Crippen LogP contribution in [-0.2, 0) is 29.1 Å². The second-order valence-electron chi connectivity index (χ2n) is 4.49. The number of halogens is 1. The molecule has 0 spiro atoms. The zero-order valence-corrected chi connectivity index (χ0v) is 11.8. The number of benzene rings is 1. The summed E-state index contributed by atoms with van der Waals surface area (Å²) in [6.07, 6.45) is 0.625. The topological polar surface area (TPSA) is 39.1 Å². The van der Waals surface area contributed by atoms with E-state index in [1.54, 1.807) is 0 Å². The van der Waals surface area contributed by atoms with Gasteiger partial charge in [-0.05, 0) is 17.7 Å². The molecule has 0 bridgehead atoms. The third kappa shape index (κ3) is 1.72. The van der Waals surface area contributed by atoms with Crippen LogP contribution in [0.5, 0.6) is 0 Å². The van der Waals surface area contributed by atoms with Crippen molar-refractivity contribution >= 4 is 36.7 Å². The molecule has 0 radical (unpaired) electrons. The molecule has 2 aromatic rings. The first-order valence-corrected chi connectivity index (χ1v) is 8.05. The highest BCUT2D eigenvalue weighted by Crippen LogP contribution is 2.32. The molecule has 3 rings (SSSR count). The summed E-state index contributed by atoms with van der Waals surface area (Å²) in [7, 11) is -0.904. The number of sulfone groups is 1. The summed E-state index contributed by atoms with van der Waals surface area (Å²) < 4.78 is 26.6. The van der Waals surface area contributed by atoms with Crippen LogP contribution in [0.15, 0.2) is 22.7 Å². The fourth-order valence-corrected chi connectivity index (χ4v) is 4.32. The van der Waals surface area contributed by atoms with E-state index >= 15 is 0 Å². The summed E-state index contributed by atoms with van der Waals surface area (Å²) in [4.78, 5) is 0. The van der Waals surface area contributed by atoms with E-state index in [4.69, 9.17) is 0 Å². The van der Waals surface area contributed by atoms with Crippen molar-refractivity contribution in [3.05, 3.63) is 33.9 Å². The molecule has 0 saturated carbocycles. The van der Waals surface area contributed by atoms with Crippen LogP contribution < -0.4 is 0 Å². The summed E-state index contributed by atoms with van der Waals surface area (Å²) in [6, 6.07) is 6.00. The Morgan fingerprint density at radius 3 is 2.88 bits per heavy atom. The van der Waals surface area contributed by atoms with E-state index in [-0.39, 0.29) is 11.5 Å². The molecule has 5 heteroatoms. The van der Waals surface area contributed by atoms with E-state index < -0.39 is 9.84 Å². The summed E-state index contributed by atoms with van der Waals surface area (Å²) >= 11 is 3.45. The van der Waals surface area contributed by atoms with Crippen molar-refractivity contribution in [1.82, 2.24) is 4.57 Å². The summed E-state index contributed by atoms with van der Waals surface area (Å²) in [5, 5.41) is 1.06. The Kier molecular flexibility index (Phi) is 2.38. The molecular formula is C12H12BrNO2S. The Morgan fingerprint density at radius 1 is 1.35 bits per heavy atom. The molecule has 0 fully saturated rings. The number of nitrogens with zero attached hydrogens (tertiary/aromatic N) is 1. The minimum absolute atomic E-state index is 0.182. The smallest absolute Gasteiger partial charge is 0.154 e. The zero-order chi connectivity index (χ0) is 12.2. The van der Waals surface area contributed by atoms with E-state index in [9.17, 15) is 8.42 Å². The molecule has 90 valence electrons. The third-order valence-electron chi connectivity index (χ3n) is 3.41. The van der Waals surface area contributed by atoms with Gasteiger partial charge in [-0.1, -0.05) is 22.0 Å². The van der Waals surface area contributed by atoms with Crippen LogP contribution in [-0.4, -0.2) is 18.7 Å². The van der Waals surface area contributed by atoms with Gasteiger partial charge in [-0.3, -0.25) is 0 Å². The molecule has 3 nitrogen and oxygen atoms in total. The van der Waals surface area contributed by atoms with Crippen molar-refractivity contribution < 1.29 is 8.42 Å². The number of aryl methyl sites for hydroxylation is 1. The van der Waals surface area contributed by atoms with Gasteiger partial charge in [0.1, 0.15) is 0 Å². The molecule has 0 aliphatic carbocycles. The Balaban J connectivity index is 2.37. The van der Waals surface area contributed by atoms with Gasteiger partial charge in [-0.15, -0.1) is 0 Å². The maximum atomic E-state index is 11.7. The SMILES string of the molecule is Cn1c2c(c3ccc(Br)cc31)CS(=O)(=O)CC2. The maximum Gasteiger partial charge on any atom is 0.154 e. The highest BCUT2D eigenvalue weighted by molar-refractivity contribution is 9.10. The van der Waals surface area contributed by atoms with Crippen LogP contribution >= 0.6 is 15.9 Å². The number of fused-ring (bicyclic) bond motifs is 3. The number of hydrogen-bond donors (Lipinski definition) is 0. The standard InChI is InChI=1S/C12H12BrNO2S/c1-14-11-4-5-17(15,16)7-10(11)9-3-2-8(13)6-12(9)14/h2-3,6H,4-5,7H2,1H3. The molecule has 2 heterocycles. The fourth-order valence-electron chi connectivity index (χ4n) is 2.56. The quantitative estimate of drug-likeness (QED) is 0.749. The number of hydrogen-bond acceptors (Lipinski definition) is 2. The highest BCUT2D eigenvalue weighted by Gasteiger charge is 2.26. The van der Waals surface area contributed by atoms with Crippen molar-refractivity contribution in [2.75, 3.05) is 5.75 Å². The van der Waals surface area contributed by atoms with Gasteiger partial charge in [-0.2, -0.15) is 0 Å². The average molecular weight is 314 g/mol. The molecule has 0 unspecified atom stereocenters. The molecule has 1 aromatic carbocycles. The Hall–Kier alpha value is -0.810. The Bertz CT molecular complexity index is 716. The van der Waals surface area contributed by atoms with E-state index in [0.717, 1.165) is 26.6 Å². The van der Waals surface area contributed by atoms with Crippen molar-refractivity contribution in [3.63, 3.8) is 0 Å². The largest absolute Gasteiger partial charge is 0.347 e. The lowest BCUT2D eigenvalue weighted by molar-refractivity contribution is 0.590. The van der Waals surface area contributed by atoms with Gasteiger partial charge in [0.05, 0.1) is 11.5 Å². The van der Waals surface area contributed by atoms with Crippen molar-refractivity contribution in [2.24, 2.45) is 7.05 Å². The lowest BCUT2D eigenvalue weighted by Gasteiger charge is -2.14. The first-order valence-electron chi connectivity index (χ1n) is 5.44. The minimum atomic E-state index is -2.91. The lowest BCUT2D eigenvalue weighted by Crippen LogP contribution is -2.19. The van der Waals surface area contributed by atoms with Crippen LogP contribution in [0, 0.1) is 0 Å². The number of rotatable bonds is 0. The maximum absolute atomic E-state index is 11.7. The van der Waals surface area contributed by atoms with Gasteiger partial charge in [0.15, 0.2) is 9.84 Å². The average Bonchev–Trinajstić information content (AvgIpc) is 2.51. The number of aromatic nitrogens is 1. The second-order valence-corrected chi connectivity index (χ2v) is 7.59. The van der Waals surface area contributed by atoms with Crippen LogP contribution in [0.2, 0.25) is 0 Å². The van der Waals surface area contributed by atoms with Gasteiger partial charge in [-0.25, -0.2) is 8.42 Å². The van der Waals surface area contributed by atoms with Crippen LogP contribution in [0.1, 0.15) is 11.3 Å². The first-order chi connectivity index (χ1) is 7.98. The van der Waals surface area contributed by atoms with Gasteiger partial charge >= 0.3 is 0 Å². The zero-order valence-electron chi connectivity index (χ0n) is 9.40. The van der Waals surface area contributed by atoms with Crippen LogP contribution in [0.25, 0.3) is 10.9 Å². The van der Waals surface area contributed by atoms with E-state index in [1.807, 2.05) is 25.2 Å². The molecule has 1 aliphatic rings. The third-order valence-corrected chi connectivity index (χ3v) is 5.46. The molecule has 17 heavy (non-hydrogen) atoms. The molecule has 1 aliphatic heterocycles. The molecule has 1 aromatic heterocycles. The van der Waals surface area contributed by atoms with Crippen molar-refractivity contribution in [3.8, 4) is 0 Å². The van der Waals surface area contributed by atoms with Gasteiger partial charge in [0.25, 0.3) is 0 Å². The lowest BCUT2D eigenvalue weighted by atomic mass is 10.1. The minimum Gasteiger partial charge on any atom is -0.347 e. The van der Waals surface area contributed by atoms with E-state index in [0.29, 0.717) is 6.42 Å². The summed E-state index contributed by atoms with van der Waals surface area (Å²) in [5.74, 6) is 0.451. The first kappa shape index (κ1) is 11.3. The van der Waals surface area contributed by atoms with Crippen molar-refractivity contribution in [2.45, 2.75) is 12.2 Å².